The summed E-state index contributed by atoms with van der Waals surface area (Å²) in [4.78, 5) is 25.4. The maximum Gasteiger partial charge on any atom is 0.187 e. The first-order valence-electron chi connectivity index (χ1n) is 25.8. The highest BCUT2D eigenvalue weighted by Crippen LogP contribution is 2.49. The minimum absolute atomic E-state index is 0. The second-order valence-electron chi connectivity index (χ2n) is 19.7. The van der Waals surface area contributed by atoms with Crippen LogP contribution in [0.15, 0.2) is 223 Å². The summed E-state index contributed by atoms with van der Waals surface area (Å²) in [7, 11) is 0. The molecule has 4 N–H and O–H groups in total. The number of aromatic amines is 4. The summed E-state index contributed by atoms with van der Waals surface area (Å²) < 4.78 is 5.71. The molecule has 0 aliphatic heterocycles. The molecule has 6 heterocycles. The van der Waals surface area contributed by atoms with E-state index in [1.54, 1.807) is 12.1 Å². The minimum atomic E-state index is 0. The molecule has 379 valence electrons. The zero-order valence-corrected chi connectivity index (χ0v) is 44.1. The van der Waals surface area contributed by atoms with Gasteiger partial charge in [-0.15, -0.1) is 0 Å². The lowest BCUT2D eigenvalue weighted by molar-refractivity contribution is 1.18. The quantitative estimate of drug-likeness (QED) is 0.0982. The topological polar surface area (TPSA) is 86.1 Å². The van der Waals surface area contributed by atoms with Gasteiger partial charge in [0, 0.05) is 111 Å². The van der Waals surface area contributed by atoms with Gasteiger partial charge in [-0.05, 0) is 60.7 Å². The fourth-order valence-corrected chi connectivity index (χ4v) is 12.5. The van der Waals surface area contributed by atoms with E-state index in [1.807, 2.05) is 60.7 Å². The number of para-hydroxylation sites is 6. The first-order chi connectivity index (χ1) is 39.0. The Morgan fingerprint density at radius 2 is 0.580 bits per heavy atom. The van der Waals surface area contributed by atoms with Crippen molar-refractivity contribution in [3.63, 3.8) is 0 Å². The SMILES string of the molecule is C.[B].[C-]#[N+]c1ccc(-n2c3ccccc3c3c4[nH]c5ccccc5c4c4c(c5ccccc5n4-c4ccc([N+]#[C-])cc4)c32)cc1.[C-]#[N+]c1ccc(Br)cc1.c1ccc2c(c1)[nH]c1c2c2[nH]c3ccccc3c2c2[nH]c3ccccc3c12. The highest BCUT2D eigenvalue weighted by molar-refractivity contribution is 9.10. The van der Waals surface area contributed by atoms with Crippen molar-refractivity contribution in [1.82, 2.24) is 29.1 Å². The largest absolute Gasteiger partial charge is 0.354 e. The predicted molar refractivity (Wildman–Crippen MR) is 344 cm³/mol. The van der Waals surface area contributed by atoms with Crippen LogP contribution in [-0.4, -0.2) is 37.5 Å². The maximum absolute atomic E-state index is 7.50. The van der Waals surface area contributed by atoms with Crippen molar-refractivity contribution in [1.29, 1.82) is 0 Å². The molecule has 6 aromatic heterocycles. The van der Waals surface area contributed by atoms with Crippen molar-refractivity contribution >= 4 is 172 Å². The molecule has 0 unspecified atom stereocenters. The summed E-state index contributed by atoms with van der Waals surface area (Å²) in [6.45, 7) is 21.6. The number of fused-ring (bicyclic) bond motifs is 24. The van der Waals surface area contributed by atoms with Crippen molar-refractivity contribution < 1.29 is 0 Å². The smallest absolute Gasteiger partial charge is 0.187 e. The Morgan fingerprint density at radius 1 is 0.309 bits per heavy atom. The van der Waals surface area contributed by atoms with E-state index in [2.05, 4.69) is 205 Å². The van der Waals surface area contributed by atoms with Crippen molar-refractivity contribution in [3.05, 3.63) is 257 Å². The molecule has 0 saturated heterocycles. The number of halogens is 1. The Bertz CT molecular complexity index is 5160. The lowest BCUT2D eigenvalue weighted by atomic mass is 10.0. The summed E-state index contributed by atoms with van der Waals surface area (Å²) in [6.07, 6.45) is 0. The lowest BCUT2D eigenvalue weighted by Gasteiger charge is -2.12. The number of aromatic nitrogens is 6. The van der Waals surface area contributed by atoms with E-state index in [1.165, 1.54) is 92.3 Å². The monoisotopic (exact) mass is 1100 g/mol. The second kappa shape index (κ2) is 19.6. The van der Waals surface area contributed by atoms with Crippen LogP contribution in [0, 0.1) is 19.7 Å². The van der Waals surface area contributed by atoms with E-state index in [0.29, 0.717) is 17.1 Å². The Balaban J connectivity index is 0.000000138. The zero-order valence-electron chi connectivity index (χ0n) is 42.5. The van der Waals surface area contributed by atoms with E-state index < -0.39 is 0 Å². The van der Waals surface area contributed by atoms with Gasteiger partial charge in [0.15, 0.2) is 17.1 Å². The van der Waals surface area contributed by atoms with Crippen LogP contribution >= 0.6 is 15.9 Å². The molecule has 0 fully saturated rings. The molecule has 0 aliphatic carbocycles. The molecule has 0 amide bonds. The van der Waals surface area contributed by atoms with Crippen LogP contribution in [-0.2, 0) is 0 Å². The van der Waals surface area contributed by atoms with Gasteiger partial charge in [0.25, 0.3) is 0 Å². The van der Waals surface area contributed by atoms with Crippen LogP contribution in [0.1, 0.15) is 7.43 Å². The number of rotatable bonds is 2. The summed E-state index contributed by atoms with van der Waals surface area (Å²) in [5.41, 5.74) is 17.7. The molecular formula is C70H44BBrN9. The molecular weight excluding hydrogens is 1060 g/mol. The summed E-state index contributed by atoms with van der Waals surface area (Å²) in [6, 6.07) is 74.4. The molecule has 17 aromatic rings. The highest BCUT2D eigenvalue weighted by Gasteiger charge is 2.27. The van der Waals surface area contributed by atoms with Crippen LogP contribution in [0.5, 0.6) is 0 Å². The van der Waals surface area contributed by atoms with Gasteiger partial charge < -0.3 is 29.1 Å². The van der Waals surface area contributed by atoms with Crippen LogP contribution in [0.25, 0.3) is 157 Å². The maximum atomic E-state index is 7.50. The molecule has 0 aliphatic rings. The molecule has 0 bridgehead atoms. The summed E-state index contributed by atoms with van der Waals surface area (Å²) in [5, 5.41) is 14.6. The molecule has 0 spiro atoms. The molecule has 17 rings (SSSR count). The number of nitrogens with zero attached hydrogens (tertiary/aromatic N) is 5. The van der Waals surface area contributed by atoms with Gasteiger partial charge in [-0.3, -0.25) is 0 Å². The Labute approximate surface area is 474 Å². The Morgan fingerprint density at radius 3 is 0.938 bits per heavy atom. The van der Waals surface area contributed by atoms with Gasteiger partial charge in [0.2, 0.25) is 0 Å². The first-order valence-corrected chi connectivity index (χ1v) is 26.6. The third kappa shape index (κ3) is 7.58. The van der Waals surface area contributed by atoms with E-state index >= 15 is 0 Å². The van der Waals surface area contributed by atoms with Crippen molar-refractivity contribution in [2.24, 2.45) is 0 Å². The van der Waals surface area contributed by atoms with Crippen molar-refractivity contribution in [2.75, 3.05) is 0 Å². The third-order valence-electron chi connectivity index (χ3n) is 15.5. The standard InChI is InChI=1S/C38H21N5.C24H15N3.C7H4BrN.CH4.B/c1-39-23-15-19-25(20-16-23)42-31-13-7-4-10-28(31)34-36-33(27-9-3-6-12-30(27)41-36)37-35(38(34)42)29-11-5-8-14-32(29)43(37)26-21-17-24(40-2)18-22-26;1-4-10-16-13(7-1)19-22(25-16)20-15-9-3-6-12-18(15)27-24(20)21-14-8-2-5-11-17(14)26-23(19)21;1-9-7-4-2-6(8)3-5-7;;/h3-22,41H;1-12,25-27H;2-5H;1H4;. The predicted octanol–water partition coefficient (Wildman–Crippen LogP) is 20.5. The van der Waals surface area contributed by atoms with Gasteiger partial charge in [0.05, 0.1) is 63.9 Å². The Kier molecular flexibility index (Phi) is 12.0. The van der Waals surface area contributed by atoms with Gasteiger partial charge in [-0.2, -0.15) is 0 Å². The number of hydrogen-bond donors (Lipinski definition) is 4. The van der Waals surface area contributed by atoms with E-state index in [9.17, 15) is 0 Å². The fourth-order valence-electron chi connectivity index (χ4n) is 12.2. The fraction of sp³-hybridized carbons (Fsp3) is 0.0143. The molecule has 11 heteroatoms. The normalized spacial score (nSPS) is 11.3. The highest BCUT2D eigenvalue weighted by atomic mass is 79.9. The first kappa shape index (κ1) is 49.8. The molecule has 3 radical (unpaired) electrons. The van der Waals surface area contributed by atoms with Gasteiger partial charge >= 0.3 is 0 Å². The Hall–Kier alpha value is -10.8. The molecule has 9 nitrogen and oxygen atoms in total. The number of benzene rings is 11. The number of H-pyrrole nitrogens is 4. The summed E-state index contributed by atoms with van der Waals surface area (Å²) in [5.74, 6) is 0. The summed E-state index contributed by atoms with van der Waals surface area (Å²) >= 11 is 3.27. The number of nitrogens with one attached hydrogen (secondary N) is 4. The zero-order chi connectivity index (χ0) is 52.9. The lowest BCUT2D eigenvalue weighted by Crippen LogP contribution is -1.96. The van der Waals surface area contributed by atoms with Crippen molar-refractivity contribution in [2.45, 2.75) is 7.43 Å². The van der Waals surface area contributed by atoms with E-state index in [4.69, 9.17) is 19.7 Å². The van der Waals surface area contributed by atoms with E-state index in [0.717, 1.165) is 54.3 Å². The van der Waals surface area contributed by atoms with E-state index in [-0.39, 0.29) is 15.8 Å². The van der Waals surface area contributed by atoms with Gasteiger partial charge in [-0.1, -0.05) is 181 Å². The third-order valence-corrected chi connectivity index (χ3v) is 16.0. The van der Waals surface area contributed by atoms with Crippen molar-refractivity contribution in [3.8, 4) is 11.4 Å². The molecule has 0 atom stereocenters. The molecule has 0 saturated carbocycles. The van der Waals surface area contributed by atoms with Gasteiger partial charge in [-0.25, -0.2) is 14.5 Å². The second-order valence-corrected chi connectivity index (χ2v) is 20.6. The average molecular weight is 1100 g/mol. The average Bonchev–Trinajstić information content (AvgIpc) is 3.28. The van der Waals surface area contributed by atoms with Crippen LogP contribution < -0.4 is 0 Å². The van der Waals surface area contributed by atoms with Crippen LogP contribution in [0.2, 0.25) is 0 Å². The van der Waals surface area contributed by atoms with Crippen LogP contribution in [0.4, 0.5) is 17.1 Å². The van der Waals surface area contributed by atoms with Crippen LogP contribution in [0.3, 0.4) is 0 Å². The number of hydrogen-bond acceptors (Lipinski definition) is 0. The molecule has 81 heavy (non-hydrogen) atoms. The minimum Gasteiger partial charge on any atom is -0.354 e. The molecule has 11 aromatic carbocycles. The van der Waals surface area contributed by atoms with Gasteiger partial charge in [0.1, 0.15) is 0 Å².